The van der Waals surface area contributed by atoms with Gasteiger partial charge in [0.15, 0.2) is 12.2 Å². The molecule has 0 aliphatic carbocycles. The zero-order valence-electron chi connectivity index (χ0n) is 17.4. The number of benzene rings is 1. The summed E-state index contributed by atoms with van der Waals surface area (Å²) in [5.41, 5.74) is 0. The molecule has 0 amide bonds. The van der Waals surface area contributed by atoms with Gasteiger partial charge in [0.1, 0.15) is 18.5 Å². The summed E-state index contributed by atoms with van der Waals surface area (Å²) in [6, 6.07) is 6.98. The maximum Gasteiger partial charge on any atom is 0.303 e. The van der Waals surface area contributed by atoms with Crippen molar-refractivity contribution in [2.24, 2.45) is 0 Å². The fourth-order valence-corrected chi connectivity index (χ4v) is 3.47. The minimum atomic E-state index is -1.27. The monoisotopic (exact) mass is 550 g/mol. The van der Waals surface area contributed by atoms with E-state index in [0.29, 0.717) is 5.75 Å². The molecule has 170 valence electrons. The number of hydrogen-bond acceptors (Lipinski definition) is 10. The van der Waals surface area contributed by atoms with Crippen LogP contribution >= 0.6 is 22.6 Å². The molecular weight excluding hydrogens is 527 g/mol. The standard InChI is InChI=1S/C20H23IO10/c1-10(22)26-9-16-17(27-11(2)23)18(28-12(3)24)19(29-13(4)25)20(31-16)30-15-7-5-6-14(21)8-15/h5-8,16-20H,9H2,1-4H3/t16-,17-,18+,19-,20+/m1/s1. The molecule has 5 atom stereocenters. The molecule has 11 heteroatoms. The highest BCUT2D eigenvalue weighted by Crippen LogP contribution is 2.31. The van der Waals surface area contributed by atoms with Crippen LogP contribution < -0.4 is 4.74 Å². The fourth-order valence-electron chi connectivity index (χ4n) is 2.96. The van der Waals surface area contributed by atoms with E-state index in [4.69, 9.17) is 28.4 Å². The molecule has 1 fully saturated rings. The van der Waals surface area contributed by atoms with Crippen molar-refractivity contribution in [3.05, 3.63) is 27.8 Å². The number of hydrogen-bond donors (Lipinski definition) is 0. The van der Waals surface area contributed by atoms with Crippen LogP contribution in [0.4, 0.5) is 0 Å². The Hall–Kier alpha value is -2.41. The highest BCUT2D eigenvalue weighted by atomic mass is 127. The van der Waals surface area contributed by atoms with E-state index < -0.39 is 54.6 Å². The maximum atomic E-state index is 11.8. The molecule has 0 unspecified atom stereocenters. The van der Waals surface area contributed by atoms with E-state index >= 15 is 0 Å². The Morgan fingerprint density at radius 1 is 0.871 bits per heavy atom. The molecule has 2 rings (SSSR count). The highest BCUT2D eigenvalue weighted by Gasteiger charge is 2.53. The van der Waals surface area contributed by atoms with E-state index in [-0.39, 0.29) is 6.61 Å². The molecule has 0 saturated carbocycles. The van der Waals surface area contributed by atoms with Crippen LogP contribution in [0, 0.1) is 3.57 Å². The van der Waals surface area contributed by atoms with Crippen molar-refractivity contribution in [3.8, 4) is 5.75 Å². The number of esters is 4. The lowest BCUT2D eigenvalue weighted by atomic mass is 9.98. The molecule has 0 spiro atoms. The van der Waals surface area contributed by atoms with Crippen LogP contribution in [0.3, 0.4) is 0 Å². The van der Waals surface area contributed by atoms with E-state index in [1.807, 2.05) is 6.07 Å². The highest BCUT2D eigenvalue weighted by molar-refractivity contribution is 14.1. The molecule has 0 radical (unpaired) electrons. The summed E-state index contributed by atoms with van der Waals surface area (Å²) < 4.78 is 33.6. The molecule has 1 aromatic rings. The topological polar surface area (TPSA) is 124 Å². The summed E-state index contributed by atoms with van der Waals surface area (Å²) in [6.07, 6.45) is -6.07. The van der Waals surface area contributed by atoms with Crippen LogP contribution in [-0.2, 0) is 42.9 Å². The van der Waals surface area contributed by atoms with E-state index in [1.165, 1.54) is 13.8 Å². The van der Waals surface area contributed by atoms with E-state index in [9.17, 15) is 19.2 Å². The molecule has 31 heavy (non-hydrogen) atoms. The molecule has 1 saturated heterocycles. The summed E-state index contributed by atoms with van der Waals surface area (Å²) in [7, 11) is 0. The Morgan fingerprint density at radius 2 is 1.45 bits per heavy atom. The maximum absolute atomic E-state index is 11.8. The minimum Gasteiger partial charge on any atom is -0.463 e. The van der Waals surface area contributed by atoms with Crippen molar-refractivity contribution >= 4 is 46.5 Å². The van der Waals surface area contributed by atoms with Crippen LogP contribution in [-0.4, -0.2) is 61.2 Å². The molecule has 0 aromatic heterocycles. The molecule has 1 aliphatic heterocycles. The number of halogens is 1. The van der Waals surface area contributed by atoms with Crippen LogP contribution in [0.2, 0.25) is 0 Å². The zero-order valence-corrected chi connectivity index (χ0v) is 19.5. The van der Waals surface area contributed by atoms with Crippen molar-refractivity contribution in [1.82, 2.24) is 0 Å². The van der Waals surface area contributed by atoms with Gasteiger partial charge in [0, 0.05) is 31.3 Å². The molecule has 0 bridgehead atoms. The normalized spacial score (nSPS) is 25.1. The van der Waals surface area contributed by atoms with Gasteiger partial charge in [0.2, 0.25) is 12.4 Å². The van der Waals surface area contributed by atoms with E-state index in [2.05, 4.69) is 22.6 Å². The van der Waals surface area contributed by atoms with Gasteiger partial charge >= 0.3 is 23.9 Å². The van der Waals surface area contributed by atoms with Crippen LogP contribution in [0.25, 0.3) is 0 Å². The SMILES string of the molecule is CC(=O)OC[C@H]1O[C@H](Oc2cccc(I)c2)[C@H](OC(C)=O)[C@@H](OC(C)=O)[C@@H]1OC(C)=O. The van der Waals surface area contributed by atoms with Gasteiger partial charge in [-0.25, -0.2) is 0 Å². The second-order valence-corrected chi connectivity index (χ2v) is 7.89. The van der Waals surface area contributed by atoms with Crippen molar-refractivity contribution in [2.45, 2.75) is 58.4 Å². The van der Waals surface area contributed by atoms with Crippen LogP contribution in [0.15, 0.2) is 24.3 Å². The summed E-state index contributed by atoms with van der Waals surface area (Å²) in [4.78, 5) is 46.6. The first-order valence-corrected chi connectivity index (χ1v) is 10.4. The number of carbonyl (C=O) groups excluding carboxylic acids is 4. The van der Waals surface area contributed by atoms with Crippen molar-refractivity contribution in [2.75, 3.05) is 6.61 Å². The van der Waals surface area contributed by atoms with Gasteiger partial charge in [0.25, 0.3) is 0 Å². The second-order valence-electron chi connectivity index (χ2n) is 6.64. The Labute approximate surface area is 192 Å². The molecule has 1 aromatic carbocycles. The summed E-state index contributed by atoms with van der Waals surface area (Å²) in [5, 5.41) is 0. The quantitative estimate of drug-likeness (QED) is 0.282. The number of rotatable bonds is 7. The third kappa shape index (κ3) is 7.65. The van der Waals surface area contributed by atoms with Gasteiger partial charge in [-0.1, -0.05) is 6.07 Å². The van der Waals surface area contributed by atoms with Gasteiger partial charge in [0.05, 0.1) is 0 Å². The predicted octanol–water partition coefficient (Wildman–Crippen LogP) is 1.75. The van der Waals surface area contributed by atoms with E-state index in [0.717, 1.165) is 17.4 Å². The summed E-state index contributed by atoms with van der Waals surface area (Å²) >= 11 is 2.10. The largest absolute Gasteiger partial charge is 0.463 e. The fraction of sp³-hybridized carbons (Fsp3) is 0.500. The Balaban J connectivity index is 2.44. The number of carbonyl (C=O) groups is 4. The van der Waals surface area contributed by atoms with Gasteiger partial charge in [-0.2, -0.15) is 0 Å². The minimum absolute atomic E-state index is 0.315. The van der Waals surface area contributed by atoms with Crippen molar-refractivity contribution in [1.29, 1.82) is 0 Å². The third-order valence-electron chi connectivity index (χ3n) is 4.00. The summed E-state index contributed by atoms with van der Waals surface area (Å²) in [6.45, 7) is 4.36. The predicted molar refractivity (Wildman–Crippen MR) is 112 cm³/mol. The van der Waals surface area contributed by atoms with E-state index in [1.54, 1.807) is 18.2 Å². The van der Waals surface area contributed by atoms with Crippen molar-refractivity contribution in [3.63, 3.8) is 0 Å². The van der Waals surface area contributed by atoms with Gasteiger partial charge in [-0.15, -0.1) is 0 Å². The average molecular weight is 550 g/mol. The third-order valence-corrected chi connectivity index (χ3v) is 4.67. The van der Waals surface area contributed by atoms with Gasteiger partial charge in [-0.3, -0.25) is 19.2 Å². The first-order chi connectivity index (χ1) is 14.6. The number of ether oxygens (including phenoxy) is 6. The average Bonchev–Trinajstić information content (AvgIpc) is 2.64. The van der Waals surface area contributed by atoms with Crippen LogP contribution in [0.1, 0.15) is 27.7 Å². The molecule has 10 nitrogen and oxygen atoms in total. The van der Waals surface area contributed by atoms with Crippen LogP contribution in [0.5, 0.6) is 5.75 Å². The molecular formula is C20H23IO10. The lowest BCUT2D eigenvalue weighted by Crippen LogP contribution is -2.63. The Morgan fingerprint density at radius 3 is 2.00 bits per heavy atom. The smallest absolute Gasteiger partial charge is 0.303 e. The van der Waals surface area contributed by atoms with Gasteiger partial charge < -0.3 is 28.4 Å². The molecule has 0 N–H and O–H groups in total. The van der Waals surface area contributed by atoms with Crippen molar-refractivity contribution < 1.29 is 47.6 Å². The Bertz CT molecular complexity index is 826. The molecule has 1 heterocycles. The summed E-state index contributed by atoms with van der Waals surface area (Å²) in [5.74, 6) is -2.29. The lowest BCUT2D eigenvalue weighted by molar-refractivity contribution is -0.288. The van der Waals surface area contributed by atoms with Gasteiger partial charge in [-0.05, 0) is 40.8 Å². The Kier molecular flexibility index (Phi) is 9.04. The first kappa shape index (κ1) is 24.9. The second kappa shape index (κ2) is 11.3. The zero-order chi connectivity index (χ0) is 23.1. The molecule has 1 aliphatic rings. The first-order valence-electron chi connectivity index (χ1n) is 9.29. The lowest BCUT2D eigenvalue weighted by Gasteiger charge is -2.43.